The van der Waals surface area contributed by atoms with E-state index < -0.39 is 5.60 Å². The largest absolute Gasteiger partial charge is 0.386 e. The number of aryl methyl sites for hydroxylation is 1. The predicted molar refractivity (Wildman–Crippen MR) is 47.8 cm³/mol. The lowest BCUT2D eigenvalue weighted by molar-refractivity contribution is 0.0785. The molecule has 3 heteroatoms. The smallest absolute Gasteiger partial charge is 0.0870 e. The van der Waals surface area contributed by atoms with Crippen molar-refractivity contribution in [2.75, 3.05) is 0 Å². The summed E-state index contributed by atoms with van der Waals surface area (Å²) < 4.78 is 1.85. The molecule has 68 valence electrons. The van der Waals surface area contributed by atoms with Crippen molar-refractivity contribution >= 4 is 0 Å². The SMILES string of the molecule is CCCn1cc(C(C)(C)O)cn1. The number of rotatable bonds is 3. The van der Waals surface area contributed by atoms with E-state index in [0.29, 0.717) is 0 Å². The summed E-state index contributed by atoms with van der Waals surface area (Å²) in [6.07, 6.45) is 4.67. The van der Waals surface area contributed by atoms with Gasteiger partial charge in [0, 0.05) is 18.3 Å². The Labute approximate surface area is 73.0 Å². The number of hydrogen-bond acceptors (Lipinski definition) is 2. The molecule has 1 heterocycles. The molecule has 1 aromatic heterocycles. The van der Waals surface area contributed by atoms with Gasteiger partial charge < -0.3 is 5.11 Å². The van der Waals surface area contributed by atoms with Crippen molar-refractivity contribution in [1.29, 1.82) is 0 Å². The minimum Gasteiger partial charge on any atom is -0.386 e. The minimum absolute atomic E-state index is 0.772. The molecule has 0 aromatic carbocycles. The van der Waals surface area contributed by atoms with Crippen LogP contribution in [0.5, 0.6) is 0 Å². The Morgan fingerprint density at radius 2 is 2.25 bits per heavy atom. The Morgan fingerprint density at radius 1 is 1.58 bits per heavy atom. The van der Waals surface area contributed by atoms with Crippen LogP contribution in [0.4, 0.5) is 0 Å². The van der Waals surface area contributed by atoms with Gasteiger partial charge in [0.1, 0.15) is 0 Å². The van der Waals surface area contributed by atoms with E-state index in [1.807, 2.05) is 10.9 Å². The summed E-state index contributed by atoms with van der Waals surface area (Å²) >= 11 is 0. The van der Waals surface area contributed by atoms with E-state index in [0.717, 1.165) is 18.5 Å². The molecule has 0 aliphatic carbocycles. The highest BCUT2D eigenvalue weighted by Gasteiger charge is 2.17. The number of aromatic nitrogens is 2. The fraction of sp³-hybridized carbons (Fsp3) is 0.667. The fourth-order valence-corrected chi connectivity index (χ4v) is 1.03. The van der Waals surface area contributed by atoms with E-state index in [1.54, 1.807) is 20.0 Å². The molecular weight excluding hydrogens is 152 g/mol. The normalized spacial score (nSPS) is 12.0. The van der Waals surface area contributed by atoms with Crippen LogP contribution >= 0.6 is 0 Å². The highest BCUT2D eigenvalue weighted by atomic mass is 16.3. The predicted octanol–water partition coefficient (Wildman–Crippen LogP) is 1.52. The Balaban J connectivity index is 2.77. The zero-order valence-electron chi connectivity index (χ0n) is 7.91. The molecule has 0 radical (unpaired) electrons. The van der Waals surface area contributed by atoms with Crippen molar-refractivity contribution in [3.8, 4) is 0 Å². The maximum absolute atomic E-state index is 9.62. The summed E-state index contributed by atoms with van der Waals surface area (Å²) in [5, 5.41) is 13.7. The van der Waals surface area contributed by atoms with Gasteiger partial charge in [-0.2, -0.15) is 5.10 Å². The molecule has 0 aliphatic heterocycles. The van der Waals surface area contributed by atoms with Gasteiger partial charge in [-0.25, -0.2) is 0 Å². The number of aliphatic hydroxyl groups is 1. The molecule has 1 aromatic rings. The second-order valence-corrected chi connectivity index (χ2v) is 3.55. The Kier molecular flexibility index (Phi) is 2.52. The second-order valence-electron chi connectivity index (χ2n) is 3.55. The third-order valence-electron chi connectivity index (χ3n) is 1.79. The van der Waals surface area contributed by atoms with Gasteiger partial charge in [-0.3, -0.25) is 4.68 Å². The quantitative estimate of drug-likeness (QED) is 0.743. The Hall–Kier alpha value is -0.830. The van der Waals surface area contributed by atoms with E-state index in [9.17, 15) is 5.11 Å². The van der Waals surface area contributed by atoms with Gasteiger partial charge in [0.2, 0.25) is 0 Å². The summed E-state index contributed by atoms with van der Waals surface area (Å²) in [6, 6.07) is 0. The van der Waals surface area contributed by atoms with Crippen LogP contribution in [-0.4, -0.2) is 14.9 Å². The molecule has 0 atom stereocenters. The number of nitrogens with zero attached hydrogens (tertiary/aromatic N) is 2. The van der Waals surface area contributed by atoms with E-state index in [-0.39, 0.29) is 0 Å². The lowest BCUT2D eigenvalue weighted by atomic mass is 10.0. The molecule has 0 saturated heterocycles. The third kappa shape index (κ3) is 2.08. The van der Waals surface area contributed by atoms with Gasteiger partial charge in [-0.1, -0.05) is 6.92 Å². The van der Waals surface area contributed by atoms with Gasteiger partial charge in [-0.05, 0) is 20.3 Å². The standard InChI is InChI=1S/C9H16N2O/c1-4-5-11-7-8(6-10-11)9(2,3)12/h6-7,12H,4-5H2,1-3H3. The van der Waals surface area contributed by atoms with Crippen molar-refractivity contribution in [2.45, 2.75) is 39.3 Å². The Bertz CT molecular complexity index is 247. The summed E-state index contributed by atoms with van der Waals surface area (Å²) in [7, 11) is 0. The van der Waals surface area contributed by atoms with Crippen LogP contribution in [0.25, 0.3) is 0 Å². The highest BCUT2D eigenvalue weighted by molar-refractivity contribution is 5.12. The molecule has 1 N–H and O–H groups in total. The van der Waals surface area contributed by atoms with Crippen LogP contribution < -0.4 is 0 Å². The van der Waals surface area contributed by atoms with Crippen LogP contribution in [0.15, 0.2) is 12.4 Å². The lowest BCUT2D eigenvalue weighted by Gasteiger charge is -2.13. The maximum atomic E-state index is 9.62. The first kappa shape index (κ1) is 9.26. The second kappa shape index (κ2) is 3.27. The minimum atomic E-state index is -0.772. The first-order valence-electron chi connectivity index (χ1n) is 4.29. The molecule has 3 nitrogen and oxygen atoms in total. The summed E-state index contributed by atoms with van der Waals surface area (Å²) in [6.45, 7) is 6.54. The lowest BCUT2D eigenvalue weighted by Crippen LogP contribution is -2.14. The zero-order valence-corrected chi connectivity index (χ0v) is 7.91. The van der Waals surface area contributed by atoms with Gasteiger partial charge in [0.15, 0.2) is 0 Å². The van der Waals surface area contributed by atoms with Crippen molar-refractivity contribution in [3.63, 3.8) is 0 Å². The molecule has 1 rings (SSSR count). The maximum Gasteiger partial charge on any atom is 0.0870 e. The molecule has 0 saturated carbocycles. The van der Waals surface area contributed by atoms with Gasteiger partial charge in [-0.15, -0.1) is 0 Å². The van der Waals surface area contributed by atoms with E-state index in [1.165, 1.54) is 0 Å². The fourth-order valence-electron chi connectivity index (χ4n) is 1.03. The summed E-state index contributed by atoms with van der Waals surface area (Å²) in [5.41, 5.74) is 0.0994. The molecule has 0 aliphatic rings. The van der Waals surface area contributed by atoms with Gasteiger partial charge in [0.25, 0.3) is 0 Å². The van der Waals surface area contributed by atoms with Gasteiger partial charge in [0.05, 0.1) is 11.8 Å². The summed E-state index contributed by atoms with van der Waals surface area (Å²) in [5.74, 6) is 0. The molecular formula is C9H16N2O. The average molecular weight is 168 g/mol. The molecule has 0 bridgehead atoms. The molecule has 0 fully saturated rings. The molecule has 0 unspecified atom stereocenters. The first-order chi connectivity index (χ1) is 5.54. The first-order valence-corrected chi connectivity index (χ1v) is 4.29. The summed E-state index contributed by atoms with van der Waals surface area (Å²) in [4.78, 5) is 0. The van der Waals surface area contributed by atoms with Crippen LogP contribution in [0.3, 0.4) is 0 Å². The number of hydrogen-bond donors (Lipinski definition) is 1. The third-order valence-corrected chi connectivity index (χ3v) is 1.79. The van der Waals surface area contributed by atoms with Gasteiger partial charge >= 0.3 is 0 Å². The topological polar surface area (TPSA) is 38.0 Å². The van der Waals surface area contributed by atoms with Crippen molar-refractivity contribution < 1.29 is 5.11 Å². The van der Waals surface area contributed by atoms with Crippen LogP contribution in [0.1, 0.15) is 32.8 Å². The van der Waals surface area contributed by atoms with Crippen LogP contribution in [0, 0.1) is 0 Å². The Morgan fingerprint density at radius 3 is 2.67 bits per heavy atom. The van der Waals surface area contributed by atoms with E-state index >= 15 is 0 Å². The monoisotopic (exact) mass is 168 g/mol. The molecule has 0 spiro atoms. The van der Waals surface area contributed by atoms with Crippen LogP contribution in [0.2, 0.25) is 0 Å². The molecule has 0 amide bonds. The van der Waals surface area contributed by atoms with E-state index in [2.05, 4.69) is 12.0 Å². The average Bonchev–Trinajstić information content (AvgIpc) is 2.35. The van der Waals surface area contributed by atoms with E-state index in [4.69, 9.17) is 0 Å². The highest BCUT2D eigenvalue weighted by Crippen LogP contribution is 2.17. The van der Waals surface area contributed by atoms with Crippen LogP contribution in [-0.2, 0) is 12.1 Å². The molecule has 12 heavy (non-hydrogen) atoms. The van der Waals surface area contributed by atoms with Crippen molar-refractivity contribution in [2.24, 2.45) is 0 Å². The van der Waals surface area contributed by atoms with Crippen molar-refractivity contribution in [3.05, 3.63) is 18.0 Å². The van der Waals surface area contributed by atoms with Crippen molar-refractivity contribution in [1.82, 2.24) is 9.78 Å². The zero-order chi connectivity index (χ0) is 9.19.